The van der Waals surface area contributed by atoms with Gasteiger partial charge in [-0.25, -0.2) is 0 Å². The van der Waals surface area contributed by atoms with Crippen molar-refractivity contribution in [2.45, 2.75) is 23.6 Å². The zero-order chi connectivity index (χ0) is 28.9. The third-order valence-electron chi connectivity index (χ3n) is 7.09. The highest BCUT2D eigenvalue weighted by atomic mass is 32.2. The lowest BCUT2D eigenvalue weighted by Crippen LogP contribution is -2.00. The highest BCUT2D eigenvalue weighted by molar-refractivity contribution is 7.99. The van der Waals surface area contributed by atoms with Crippen molar-refractivity contribution >= 4 is 47.6 Å². The number of carbonyl (C=O) groups is 2. The van der Waals surface area contributed by atoms with Crippen LogP contribution in [0.25, 0.3) is 35.4 Å². The first-order chi connectivity index (χ1) is 19.9. The first-order valence-electron chi connectivity index (χ1n) is 13.5. The fraction of sp³-hybridized carbons (Fsp3) is 0.0526. The zero-order valence-corrected chi connectivity index (χ0v) is 24.0. The minimum absolute atomic E-state index is 0.184. The topological polar surface area (TPSA) is 34.1 Å². The molecule has 0 unspecified atom stereocenters. The molecule has 3 heteroatoms. The van der Waals surface area contributed by atoms with Crippen LogP contribution in [0.4, 0.5) is 0 Å². The average Bonchev–Trinajstić information content (AvgIpc) is 3.22. The lowest BCUT2D eigenvalue weighted by Gasteiger charge is -2.13. The van der Waals surface area contributed by atoms with E-state index in [2.05, 4.69) is 86.8 Å². The van der Waals surface area contributed by atoms with Crippen molar-refractivity contribution in [3.63, 3.8) is 0 Å². The van der Waals surface area contributed by atoms with Gasteiger partial charge in [0.05, 0.1) is 5.57 Å². The number of benzene rings is 4. The van der Waals surface area contributed by atoms with Crippen molar-refractivity contribution in [1.29, 1.82) is 0 Å². The van der Waals surface area contributed by atoms with E-state index in [4.69, 9.17) is 0 Å². The summed E-state index contributed by atoms with van der Waals surface area (Å²) in [6.07, 6.45) is 13.3. The van der Waals surface area contributed by atoms with E-state index in [9.17, 15) is 9.59 Å². The van der Waals surface area contributed by atoms with E-state index in [1.54, 1.807) is 42.1 Å². The lowest BCUT2D eigenvalue weighted by atomic mass is 9.99. The standard InChI is InChI=1S/C38H30O2S/c1-5-8-9-14-29-15-10-11-16-30(29)31-17-12-13-18-36(31)41-35-20-19-26(21-25(35)4)22-34-37(39)32-23-27(6-2)28(7-3)24-33(32)38(34)40/h5-24H,2-3H2,1,4H3/b8-5+,14-9-. The van der Waals surface area contributed by atoms with Crippen LogP contribution in [0.1, 0.15) is 55.5 Å². The summed E-state index contributed by atoms with van der Waals surface area (Å²) in [6.45, 7) is 11.7. The molecule has 200 valence electrons. The first kappa shape index (κ1) is 27.8. The van der Waals surface area contributed by atoms with Crippen LogP contribution < -0.4 is 0 Å². The molecule has 0 heterocycles. The Bertz CT molecular complexity index is 1750. The quantitative estimate of drug-likeness (QED) is 0.124. The first-order valence-corrected chi connectivity index (χ1v) is 14.3. The van der Waals surface area contributed by atoms with Crippen LogP contribution in [0.15, 0.2) is 126 Å². The Morgan fingerprint density at radius 2 is 1.29 bits per heavy atom. The third-order valence-corrected chi connectivity index (χ3v) is 8.34. The summed E-state index contributed by atoms with van der Waals surface area (Å²) >= 11 is 1.71. The van der Waals surface area contributed by atoms with E-state index in [0.717, 1.165) is 37.6 Å². The molecule has 0 aromatic heterocycles. The maximum absolute atomic E-state index is 13.2. The highest BCUT2D eigenvalue weighted by Crippen LogP contribution is 2.39. The summed E-state index contributed by atoms with van der Waals surface area (Å²) in [6, 6.07) is 26.3. The van der Waals surface area contributed by atoms with E-state index in [1.807, 2.05) is 31.2 Å². The number of Topliss-reactive ketones (excluding diaryl/α,β-unsaturated/α-hetero) is 2. The molecule has 5 rings (SSSR count). The summed E-state index contributed by atoms with van der Waals surface area (Å²) in [4.78, 5) is 28.7. The zero-order valence-electron chi connectivity index (χ0n) is 23.2. The number of aryl methyl sites for hydroxylation is 1. The van der Waals surface area contributed by atoms with E-state index in [0.29, 0.717) is 11.1 Å². The Hall–Kier alpha value is -4.73. The number of fused-ring (bicyclic) bond motifs is 1. The summed E-state index contributed by atoms with van der Waals surface area (Å²) < 4.78 is 0. The van der Waals surface area contributed by atoms with Gasteiger partial charge in [-0.05, 0) is 83.1 Å². The van der Waals surface area contributed by atoms with Gasteiger partial charge in [0, 0.05) is 20.9 Å². The van der Waals surface area contributed by atoms with Gasteiger partial charge in [0.1, 0.15) is 0 Å². The minimum Gasteiger partial charge on any atom is -0.288 e. The van der Waals surface area contributed by atoms with Crippen molar-refractivity contribution < 1.29 is 9.59 Å². The maximum Gasteiger partial charge on any atom is 0.197 e. The average molecular weight is 551 g/mol. The van der Waals surface area contributed by atoms with E-state index in [1.165, 1.54) is 11.1 Å². The second kappa shape index (κ2) is 12.2. The molecule has 0 radical (unpaired) electrons. The van der Waals surface area contributed by atoms with Gasteiger partial charge >= 0.3 is 0 Å². The van der Waals surface area contributed by atoms with Crippen molar-refractivity contribution in [2.24, 2.45) is 0 Å². The fourth-order valence-electron chi connectivity index (χ4n) is 4.98. The molecule has 0 saturated carbocycles. The highest BCUT2D eigenvalue weighted by Gasteiger charge is 2.33. The SMILES string of the molecule is C=Cc1cc2c(cc1C=C)C(=O)C(=Cc1ccc(Sc3ccccc3-c3ccccc3/C=C\C=C\C)c(C)c1)C2=O. The summed E-state index contributed by atoms with van der Waals surface area (Å²) in [5, 5.41) is 0. The normalized spacial score (nSPS) is 12.8. The summed E-state index contributed by atoms with van der Waals surface area (Å²) in [5.74, 6) is -0.508. The molecule has 0 bridgehead atoms. The molecule has 0 N–H and O–H groups in total. The molecular formula is C38H30O2S. The second-order valence-corrected chi connectivity index (χ2v) is 10.8. The lowest BCUT2D eigenvalue weighted by molar-refractivity contribution is 0.0990. The number of hydrogen-bond acceptors (Lipinski definition) is 3. The van der Waals surface area contributed by atoms with Gasteiger partial charge in [-0.3, -0.25) is 9.59 Å². The molecule has 1 aliphatic rings. The van der Waals surface area contributed by atoms with Crippen LogP contribution in [0, 0.1) is 6.92 Å². The van der Waals surface area contributed by atoms with Gasteiger partial charge in [-0.15, -0.1) is 0 Å². The number of ketones is 2. The molecule has 0 atom stereocenters. The molecule has 4 aromatic carbocycles. The largest absolute Gasteiger partial charge is 0.288 e. The molecule has 4 aromatic rings. The molecule has 41 heavy (non-hydrogen) atoms. The van der Waals surface area contributed by atoms with Gasteiger partial charge in [0.25, 0.3) is 0 Å². The van der Waals surface area contributed by atoms with Gasteiger partial charge in [-0.1, -0.05) is 116 Å². The Kier molecular flexibility index (Phi) is 8.28. The molecule has 2 nitrogen and oxygen atoms in total. The van der Waals surface area contributed by atoms with Crippen molar-refractivity contribution in [2.75, 3.05) is 0 Å². The number of allylic oxidation sites excluding steroid dienone is 4. The molecule has 0 amide bonds. The van der Waals surface area contributed by atoms with Crippen molar-refractivity contribution in [3.8, 4) is 11.1 Å². The predicted octanol–water partition coefficient (Wildman–Crippen LogP) is 10.2. The second-order valence-electron chi connectivity index (χ2n) is 9.75. The maximum atomic E-state index is 13.2. The monoisotopic (exact) mass is 550 g/mol. The Morgan fingerprint density at radius 3 is 1.93 bits per heavy atom. The van der Waals surface area contributed by atoms with Gasteiger partial charge in [0.2, 0.25) is 0 Å². The molecule has 0 saturated heterocycles. The molecule has 1 aliphatic carbocycles. The van der Waals surface area contributed by atoms with Crippen LogP contribution in [0.3, 0.4) is 0 Å². The smallest absolute Gasteiger partial charge is 0.197 e. The van der Waals surface area contributed by atoms with Crippen LogP contribution in [-0.2, 0) is 0 Å². The minimum atomic E-state index is -0.254. The van der Waals surface area contributed by atoms with E-state index >= 15 is 0 Å². The molecule has 0 fully saturated rings. The van der Waals surface area contributed by atoms with Crippen molar-refractivity contribution in [1.82, 2.24) is 0 Å². The molecular weight excluding hydrogens is 520 g/mol. The Morgan fingerprint density at radius 1 is 0.659 bits per heavy atom. The van der Waals surface area contributed by atoms with Gasteiger partial charge in [-0.2, -0.15) is 0 Å². The van der Waals surface area contributed by atoms with Gasteiger partial charge in [0.15, 0.2) is 11.6 Å². The molecule has 0 spiro atoms. The van der Waals surface area contributed by atoms with Crippen LogP contribution >= 0.6 is 11.8 Å². The van der Waals surface area contributed by atoms with Crippen LogP contribution in [0.2, 0.25) is 0 Å². The van der Waals surface area contributed by atoms with E-state index in [-0.39, 0.29) is 17.1 Å². The van der Waals surface area contributed by atoms with Crippen molar-refractivity contribution in [3.05, 3.63) is 155 Å². The number of hydrogen-bond donors (Lipinski definition) is 0. The number of carbonyl (C=O) groups excluding carboxylic acids is 2. The van der Waals surface area contributed by atoms with Crippen LogP contribution in [0.5, 0.6) is 0 Å². The Labute approximate surface area is 246 Å². The summed E-state index contributed by atoms with van der Waals surface area (Å²) in [7, 11) is 0. The predicted molar refractivity (Wildman–Crippen MR) is 174 cm³/mol. The summed E-state index contributed by atoms with van der Waals surface area (Å²) in [5.41, 5.74) is 7.98. The molecule has 0 aliphatic heterocycles. The van der Waals surface area contributed by atoms with E-state index < -0.39 is 0 Å². The van der Waals surface area contributed by atoms with Crippen LogP contribution in [-0.4, -0.2) is 11.6 Å². The fourth-order valence-corrected chi connectivity index (χ4v) is 6.01. The van der Waals surface area contributed by atoms with Gasteiger partial charge < -0.3 is 0 Å². The third kappa shape index (κ3) is 5.63. The Balaban J connectivity index is 1.45. The number of rotatable bonds is 8.